The van der Waals surface area contributed by atoms with Crippen LogP contribution in [-0.4, -0.2) is 16.9 Å². The molecular formula is C15H9ClN2O2. The number of aromatic nitrogens is 1. The maximum absolute atomic E-state index is 11.8. The van der Waals surface area contributed by atoms with Crippen molar-refractivity contribution in [3.63, 3.8) is 0 Å². The predicted molar refractivity (Wildman–Crippen MR) is 76.3 cm³/mol. The third kappa shape index (κ3) is 2.60. The minimum absolute atomic E-state index is 0.243. The Kier molecular flexibility index (Phi) is 3.31. The molecule has 2 heterocycles. The number of cyclic esters (lactones) is 1. The van der Waals surface area contributed by atoms with Crippen molar-refractivity contribution in [2.45, 2.75) is 0 Å². The molecule has 0 atom stereocenters. The SMILES string of the molecule is O=C1OC(c2cccc(Cl)c2)=NC1=Cc1cccnc1. The quantitative estimate of drug-likeness (QED) is 0.629. The van der Waals surface area contributed by atoms with Gasteiger partial charge in [0.15, 0.2) is 5.70 Å². The van der Waals surface area contributed by atoms with E-state index in [1.54, 1.807) is 48.8 Å². The second-order valence-electron chi connectivity index (χ2n) is 4.13. The summed E-state index contributed by atoms with van der Waals surface area (Å²) in [4.78, 5) is 20.0. The smallest absolute Gasteiger partial charge is 0.363 e. The number of hydrogen-bond donors (Lipinski definition) is 0. The Hall–Kier alpha value is -2.46. The van der Waals surface area contributed by atoms with E-state index in [2.05, 4.69) is 9.98 Å². The van der Waals surface area contributed by atoms with Crippen molar-refractivity contribution in [2.75, 3.05) is 0 Å². The molecule has 98 valence electrons. The summed E-state index contributed by atoms with van der Waals surface area (Å²) >= 11 is 5.91. The van der Waals surface area contributed by atoms with Gasteiger partial charge < -0.3 is 4.74 Å². The number of rotatable bonds is 2. The molecule has 5 heteroatoms. The number of carbonyl (C=O) groups is 1. The standard InChI is InChI=1S/C15H9ClN2O2/c16-12-5-1-4-11(8-12)14-18-13(15(19)20-14)7-10-3-2-6-17-9-10/h1-9H. The molecular weight excluding hydrogens is 276 g/mol. The molecule has 0 bridgehead atoms. The Balaban J connectivity index is 1.95. The van der Waals surface area contributed by atoms with E-state index in [9.17, 15) is 4.79 Å². The molecule has 3 rings (SSSR count). The van der Waals surface area contributed by atoms with Crippen LogP contribution < -0.4 is 0 Å². The largest absolute Gasteiger partial charge is 0.402 e. The zero-order chi connectivity index (χ0) is 13.9. The van der Waals surface area contributed by atoms with E-state index in [0.717, 1.165) is 5.56 Å². The van der Waals surface area contributed by atoms with Crippen LogP contribution in [0, 0.1) is 0 Å². The number of ether oxygens (including phenoxy) is 1. The zero-order valence-electron chi connectivity index (χ0n) is 10.3. The second-order valence-corrected chi connectivity index (χ2v) is 4.57. The monoisotopic (exact) mass is 284 g/mol. The van der Waals surface area contributed by atoms with Crippen molar-refractivity contribution in [1.29, 1.82) is 0 Å². The molecule has 0 N–H and O–H groups in total. The summed E-state index contributed by atoms with van der Waals surface area (Å²) < 4.78 is 5.15. The van der Waals surface area contributed by atoms with E-state index in [1.165, 1.54) is 0 Å². The molecule has 20 heavy (non-hydrogen) atoms. The fourth-order valence-corrected chi connectivity index (χ4v) is 1.96. The average molecular weight is 285 g/mol. The summed E-state index contributed by atoms with van der Waals surface area (Å²) in [6, 6.07) is 10.6. The van der Waals surface area contributed by atoms with Crippen LogP contribution in [0.25, 0.3) is 6.08 Å². The van der Waals surface area contributed by atoms with Crippen molar-refractivity contribution in [3.05, 3.63) is 70.6 Å². The second kappa shape index (κ2) is 5.27. The predicted octanol–water partition coefficient (Wildman–Crippen LogP) is 3.08. The highest BCUT2D eigenvalue weighted by atomic mass is 35.5. The van der Waals surface area contributed by atoms with Crippen LogP contribution in [0.3, 0.4) is 0 Å². The van der Waals surface area contributed by atoms with E-state index in [-0.39, 0.29) is 11.6 Å². The van der Waals surface area contributed by atoms with Gasteiger partial charge in [-0.15, -0.1) is 0 Å². The first-order chi connectivity index (χ1) is 9.72. The number of carbonyl (C=O) groups excluding carboxylic acids is 1. The number of halogens is 1. The Morgan fingerprint density at radius 1 is 1.20 bits per heavy atom. The van der Waals surface area contributed by atoms with E-state index >= 15 is 0 Å². The lowest BCUT2D eigenvalue weighted by atomic mass is 10.2. The summed E-state index contributed by atoms with van der Waals surface area (Å²) in [5, 5.41) is 0.561. The van der Waals surface area contributed by atoms with Crippen molar-refractivity contribution in [2.24, 2.45) is 4.99 Å². The number of pyridine rings is 1. The molecule has 0 aliphatic carbocycles. The number of aliphatic imine (C=N–C) groups is 1. The first-order valence-electron chi connectivity index (χ1n) is 5.91. The topological polar surface area (TPSA) is 51.5 Å². The van der Waals surface area contributed by atoms with Gasteiger partial charge in [0, 0.05) is 23.0 Å². The lowest BCUT2D eigenvalue weighted by Gasteiger charge is -1.98. The van der Waals surface area contributed by atoms with E-state index in [4.69, 9.17) is 16.3 Å². The fraction of sp³-hybridized carbons (Fsp3) is 0. The molecule has 4 nitrogen and oxygen atoms in total. The Bertz CT molecular complexity index is 724. The van der Waals surface area contributed by atoms with Gasteiger partial charge >= 0.3 is 5.97 Å². The molecule has 0 fully saturated rings. The third-order valence-corrected chi connectivity index (χ3v) is 2.91. The maximum atomic E-state index is 11.8. The Morgan fingerprint density at radius 2 is 2.10 bits per heavy atom. The summed E-state index contributed by atoms with van der Waals surface area (Å²) in [6.07, 6.45) is 4.94. The maximum Gasteiger partial charge on any atom is 0.363 e. The molecule has 0 spiro atoms. The summed E-state index contributed by atoms with van der Waals surface area (Å²) in [5.41, 5.74) is 1.70. The van der Waals surface area contributed by atoms with Gasteiger partial charge in [0.1, 0.15) is 0 Å². The van der Waals surface area contributed by atoms with E-state index in [0.29, 0.717) is 10.6 Å². The molecule has 1 aliphatic rings. The number of nitrogens with zero attached hydrogens (tertiary/aromatic N) is 2. The van der Waals surface area contributed by atoms with Crippen LogP contribution in [0.5, 0.6) is 0 Å². The molecule has 2 aromatic rings. The normalized spacial score (nSPS) is 16.1. The van der Waals surface area contributed by atoms with Gasteiger partial charge in [-0.25, -0.2) is 9.79 Å². The Morgan fingerprint density at radius 3 is 2.85 bits per heavy atom. The number of benzene rings is 1. The van der Waals surface area contributed by atoms with Crippen LogP contribution in [0.4, 0.5) is 0 Å². The number of esters is 1. The lowest BCUT2D eigenvalue weighted by Crippen LogP contribution is -2.05. The minimum Gasteiger partial charge on any atom is -0.402 e. The molecule has 1 aromatic carbocycles. The van der Waals surface area contributed by atoms with Gasteiger partial charge in [-0.3, -0.25) is 4.98 Å². The number of hydrogen-bond acceptors (Lipinski definition) is 4. The Labute approximate surface area is 120 Å². The van der Waals surface area contributed by atoms with Crippen LogP contribution >= 0.6 is 11.6 Å². The van der Waals surface area contributed by atoms with Crippen LogP contribution in [0.2, 0.25) is 5.02 Å². The summed E-state index contributed by atoms with van der Waals surface area (Å²) in [5.74, 6) is -0.225. The van der Waals surface area contributed by atoms with Gasteiger partial charge in [-0.05, 0) is 35.9 Å². The summed E-state index contributed by atoms with van der Waals surface area (Å²) in [7, 11) is 0. The van der Waals surface area contributed by atoms with Crippen molar-refractivity contribution in [1.82, 2.24) is 4.98 Å². The molecule has 0 saturated carbocycles. The molecule has 1 aromatic heterocycles. The van der Waals surface area contributed by atoms with E-state index in [1.807, 2.05) is 6.07 Å². The van der Waals surface area contributed by atoms with Crippen molar-refractivity contribution >= 4 is 29.5 Å². The minimum atomic E-state index is -0.483. The van der Waals surface area contributed by atoms with Crippen LogP contribution in [0.1, 0.15) is 11.1 Å². The van der Waals surface area contributed by atoms with Gasteiger partial charge in [0.25, 0.3) is 0 Å². The highest BCUT2D eigenvalue weighted by Gasteiger charge is 2.24. The van der Waals surface area contributed by atoms with Gasteiger partial charge in [-0.1, -0.05) is 23.7 Å². The first-order valence-corrected chi connectivity index (χ1v) is 6.29. The fourth-order valence-electron chi connectivity index (χ4n) is 1.77. The van der Waals surface area contributed by atoms with E-state index < -0.39 is 5.97 Å². The summed E-state index contributed by atoms with van der Waals surface area (Å²) in [6.45, 7) is 0. The lowest BCUT2D eigenvalue weighted by molar-refractivity contribution is -0.129. The van der Waals surface area contributed by atoms with Gasteiger partial charge in [-0.2, -0.15) is 0 Å². The average Bonchev–Trinajstić information content (AvgIpc) is 2.81. The van der Waals surface area contributed by atoms with Crippen LogP contribution in [-0.2, 0) is 9.53 Å². The van der Waals surface area contributed by atoms with Crippen molar-refractivity contribution in [3.8, 4) is 0 Å². The highest BCUT2D eigenvalue weighted by Crippen LogP contribution is 2.20. The molecule has 0 amide bonds. The molecule has 0 saturated heterocycles. The first kappa shape index (κ1) is 12.6. The van der Waals surface area contributed by atoms with Crippen molar-refractivity contribution < 1.29 is 9.53 Å². The molecule has 0 radical (unpaired) electrons. The molecule has 0 unspecified atom stereocenters. The van der Waals surface area contributed by atoms with Crippen LogP contribution in [0.15, 0.2) is 59.5 Å². The molecule has 1 aliphatic heterocycles. The van der Waals surface area contributed by atoms with Gasteiger partial charge in [0.05, 0.1) is 0 Å². The zero-order valence-corrected chi connectivity index (χ0v) is 11.0. The van der Waals surface area contributed by atoms with Gasteiger partial charge in [0.2, 0.25) is 5.90 Å². The highest BCUT2D eigenvalue weighted by molar-refractivity contribution is 6.31. The third-order valence-electron chi connectivity index (χ3n) is 2.68.